The lowest BCUT2D eigenvalue weighted by Crippen LogP contribution is -2.69. The maximum absolute atomic E-state index is 12.9. The summed E-state index contributed by atoms with van der Waals surface area (Å²) in [4.78, 5) is 12.9. The third-order valence-electron chi connectivity index (χ3n) is 18.3. The lowest BCUT2D eigenvalue weighted by Gasteiger charge is -2.75. The lowest BCUT2D eigenvalue weighted by molar-refractivity contribution is -0.276. The summed E-state index contributed by atoms with van der Waals surface area (Å²) in [7, 11) is 1.77. The van der Waals surface area contributed by atoms with Crippen LogP contribution in [-0.4, -0.2) is 41.8 Å². The number of hydrogen-bond acceptors (Lipinski definition) is 4. The molecule has 2 bridgehead atoms. The van der Waals surface area contributed by atoms with Gasteiger partial charge in [-0.1, -0.05) is 91.0 Å². The van der Waals surface area contributed by atoms with Crippen LogP contribution in [0.3, 0.4) is 0 Å². The van der Waals surface area contributed by atoms with E-state index in [1.165, 1.54) is 75.3 Å². The molecule has 5 heteroatoms. The molecule has 6 aliphatic rings. The monoisotopic (exact) mass is 719 g/mol. The van der Waals surface area contributed by atoms with Crippen molar-refractivity contribution in [1.29, 1.82) is 0 Å². The molecule has 1 spiro atoms. The molecule has 5 nitrogen and oxygen atoms in total. The van der Waals surface area contributed by atoms with Gasteiger partial charge in [0.2, 0.25) is 0 Å². The lowest BCUT2D eigenvalue weighted by atomic mass is 9.28. The first-order valence-electron chi connectivity index (χ1n) is 21.9. The third kappa shape index (κ3) is 5.72. The first-order valence-corrected chi connectivity index (χ1v) is 21.9. The average Bonchev–Trinajstić information content (AvgIpc) is 3.24. The van der Waals surface area contributed by atoms with Crippen LogP contribution >= 0.6 is 0 Å². The second kappa shape index (κ2) is 13.9. The van der Waals surface area contributed by atoms with E-state index in [0.717, 1.165) is 70.8 Å². The van der Waals surface area contributed by atoms with Crippen molar-refractivity contribution in [3.8, 4) is 0 Å². The van der Waals surface area contributed by atoms with E-state index in [1.54, 1.807) is 7.11 Å². The van der Waals surface area contributed by atoms with Crippen molar-refractivity contribution in [2.45, 2.75) is 182 Å². The third-order valence-corrected chi connectivity index (χ3v) is 18.3. The minimum Gasteiger partial charge on any atom is -0.481 e. The predicted octanol–water partition coefficient (Wildman–Crippen LogP) is 11.2. The molecule has 6 fully saturated rings. The van der Waals surface area contributed by atoms with Crippen LogP contribution in [0.25, 0.3) is 0 Å². The molecular weight excluding hydrogens is 645 g/mol. The number of ether oxygens (including phenoxy) is 2. The van der Waals surface area contributed by atoms with Gasteiger partial charge in [0.25, 0.3) is 0 Å². The quantitative estimate of drug-likeness (QED) is 0.199. The Labute approximate surface area is 316 Å². The first-order chi connectivity index (χ1) is 24.7. The molecule has 5 saturated carbocycles. The molecule has 1 aromatic carbocycles. The zero-order valence-corrected chi connectivity index (χ0v) is 34.2. The van der Waals surface area contributed by atoms with Gasteiger partial charge in [-0.2, -0.15) is 0 Å². The molecule has 12 atom stereocenters. The van der Waals surface area contributed by atoms with Gasteiger partial charge in [-0.05, 0) is 147 Å². The molecular formula is C47H74O5. The van der Waals surface area contributed by atoms with E-state index < -0.39 is 17.2 Å². The van der Waals surface area contributed by atoms with Crippen LogP contribution in [0.1, 0.15) is 168 Å². The van der Waals surface area contributed by atoms with E-state index in [1.807, 2.05) is 0 Å². The van der Waals surface area contributed by atoms with Gasteiger partial charge >= 0.3 is 5.97 Å². The average molecular weight is 719 g/mol. The highest BCUT2D eigenvalue weighted by Gasteiger charge is 2.77. The van der Waals surface area contributed by atoms with Crippen LogP contribution in [0.5, 0.6) is 0 Å². The number of rotatable bonds is 13. The van der Waals surface area contributed by atoms with Crippen molar-refractivity contribution in [3.63, 3.8) is 0 Å². The van der Waals surface area contributed by atoms with Gasteiger partial charge in [0.1, 0.15) is 0 Å². The Morgan fingerprint density at radius 3 is 2.23 bits per heavy atom. The molecule has 2 N–H and O–H groups in total. The van der Waals surface area contributed by atoms with Crippen LogP contribution in [0.4, 0.5) is 0 Å². The number of fused-ring (bicyclic) bond motifs is 7. The molecule has 0 unspecified atom stereocenters. The highest BCUT2D eigenvalue weighted by atomic mass is 16.6. The number of unbranched alkanes of at least 4 members (excludes halogenated alkanes) is 3. The SMILES string of the molecule is CCCCCC[C@@]12CC[C@@]3(C)[C@@H]4CC[C@]5(O)O[C@@H](Cc6ccc(CCOC)cc6)[C@@]4(CC[C@@H]3[C@@]1(C)CC[C@@]1(C)CC[C@@](C)(C(=O)O)C[C@H]12)[C@H]5CCC. The molecule has 1 aromatic rings. The number of methoxy groups -OCH3 is 1. The highest BCUT2D eigenvalue weighted by Crippen LogP contribution is 2.81. The summed E-state index contributed by atoms with van der Waals surface area (Å²) < 4.78 is 12.4. The van der Waals surface area contributed by atoms with Crippen LogP contribution in [0.2, 0.25) is 0 Å². The molecule has 5 aliphatic carbocycles. The van der Waals surface area contributed by atoms with E-state index in [0.29, 0.717) is 17.8 Å². The second-order valence-corrected chi connectivity index (χ2v) is 20.5. The smallest absolute Gasteiger partial charge is 0.309 e. The highest BCUT2D eigenvalue weighted by molar-refractivity contribution is 5.74. The van der Waals surface area contributed by atoms with Crippen molar-refractivity contribution < 1.29 is 24.5 Å². The van der Waals surface area contributed by atoms with Crippen LogP contribution in [0, 0.1) is 56.2 Å². The summed E-state index contributed by atoms with van der Waals surface area (Å²) in [5.41, 5.74) is 2.79. The number of aliphatic carboxylic acids is 1. The van der Waals surface area contributed by atoms with E-state index in [2.05, 4.69) is 65.8 Å². The summed E-state index contributed by atoms with van der Waals surface area (Å²) in [5, 5.41) is 23.0. The summed E-state index contributed by atoms with van der Waals surface area (Å²) >= 11 is 0. The fraction of sp³-hybridized carbons (Fsp3) is 0.851. The number of carboxylic acid groups (broad SMARTS) is 1. The standard InChI is InChI=1S/C47H74O5/c1-8-10-11-12-21-45-29-27-43(5)35(44(45,6)28-26-41(3)24-25-42(4,40(48)49)32-38(41)45)18-22-46-36(43)19-23-47(50,37(46)13-9-2)52-39(46)31-34-16-14-33(15-17-34)20-30-51-7/h14-17,35-39,50H,8-13,18-32H2,1-7H3,(H,48,49)/t35-,36-,37+,38+,39-,41+,42+,43+,44+,45-,46+,47-/m0/s1. The normalized spacial score (nSPS) is 46.5. The number of benzene rings is 1. The van der Waals surface area contributed by atoms with Gasteiger partial charge < -0.3 is 19.7 Å². The first kappa shape index (κ1) is 38.8. The van der Waals surface area contributed by atoms with E-state index >= 15 is 0 Å². The molecule has 1 aliphatic heterocycles. The predicted molar refractivity (Wildman–Crippen MR) is 209 cm³/mol. The Morgan fingerprint density at radius 1 is 0.827 bits per heavy atom. The molecule has 0 amide bonds. The van der Waals surface area contributed by atoms with Gasteiger partial charge in [0.15, 0.2) is 5.79 Å². The van der Waals surface area contributed by atoms with Crippen molar-refractivity contribution in [2.24, 2.45) is 56.2 Å². The van der Waals surface area contributed by atoms with Gasteiger partial charge in [-0.25, -0.2) is 0 Å². The number of carbonyl (C=O) groups is 1. The molecule has 0 radical (unpaired) electrons. The molecule has 7 rings (SSSR count). The van der Waals surface area contributed by atoms with Crippen molar-refractivity contribution >= 4 is 5.97 Å². The van der Waals surface area contributed by atoms with Gasteiger partial charge in [-0.15, -0.1) is 0 Å². The fourth-order valence-corrected chi connectivity index (χ4v) is 15.5. The Morgan fingerprint density at radius 2 is 1.54 bits per heavy atom. The number of aliphatic hydroxyl groups is 1. The van der Waals surface area contributed by atoms with Gasteiger partial charge in [0.05, 0.1) is 18.1 Å². The minimum absolute atomic E-state index is 0.0175. The molecule has 1 heterocycles. The second-order valence-electron chi connectivity index (χ2n) is 20.5. The Balaban J connectivity index is 1.26. The zero-order chi connectivity index (χ0) is 37.2. The summed E-state index contributed by atoms with van der Waals surface area (Å²) in [6.45, 7) is 15.4. The summed E-state index contributed by atoms with van der Waals surface area (Å²) in [6, 6.07) is 9.13. The maximum Gasteiger partial charge on any atom is 0.309 e. The minimum atomic E-state index is -1.02. The fourth-order valence-electron chi connectivity index (χ4n) is 15.5. The Kier molecular flexibility index (Phi) is 10.4. The van der Waals surface area contributed by atoms with Gasteiger partial charge in [0, 0.05) is 24.9 Å². The van der Waals surface area contributed by atoms with Crippen LogP contribution < -0.4 is 0 Å². The Hall–Kier alpha value is -1.43. The van der Waals surface area contributed by atoms with E-state index in [9.17, 15) is 15.0 Å². The molecule has 292 valence electrons. The van der Waals surface area contributed by atoms with Gasteiger partial charge in [-0.3, -0.25) is 4.79 Å². The van der Waals surface area contributed by atoms with E-state index in [4.69, 9.17) is 9.47 Å². The summed E-state index contributed by atoms with van der Waals surface area (Å²) in [6.07, 6.45) is 22.3. The number of hydrogen-bond donors (Lipinski definition) is 2. The molecule has 1 saturated heterocycles. The molecule has 52 heavy (non-hydrogen) atoms. The molecule has 0 aromatic heterocycles. The summed E-state index contributed by atoms with van der Waals surface area (Å²) in [5.74, 6) is 0.212. The van der Waals surface area contributed by atoms with Crippen molar-refractivity contribution in [3.05, 3.63) is 35.4 Å². The topological polar surface area (TPSA) is 76.0 Å². The van der Waals surface area contributed by atoms with Crippen LogP contribution in [0.15, 0.2) is 24.3 Å². The Bertz CT molecular complexity index is 1440. The maximum atomic E-state index is 12.9. The number of carboxylic acids is 1. The zero-order valence-electron chi connectivity index (χ0n) is 34.2. The van der Waals surface area contributed by atoms with Crippen molar-refractivity contribution in [1.82, 2.24) is 0 Å². The van der Waals surface area contributed by atoms with Crippen molar-refractivity contribution in [2.75, 3.05) is 13.7 Å². The van der Waals surface area contributed by atoms with E-state index in [-0.39, 0.29) is 39.1 Å². The van der Waals surface area contributed by atoms with Crippen LogP contribution in [-0.2, 0) is 27.1 Å². The largest absolute Gasteiger partial charge is 0.481 e.